The monoisotopic (exact) mass is 264 g/mol. The van der Waals surface area contributed by atoms with Crippen LogP contribution in [-0.2, 0) is 0 Å². The fourth-order valence-corrected chi connectivity index (χ4v) is 1.97. The third kappa shape index (κ3) is 4.81. The van der Waals surface area contributed by atoms with Gasteiger partial charge in [0, 0.05) is 17.8 Å². The number of unbranched alkanes of at least 4 members (excludes halogenated alkanes) is 2. The molecule has 19 heavy (non-hydrogen) atoms. The van der Waals surface area contributed by atoms with E-state index in [0.29, 0.717) is 17.0 Å². The van der Waals surface area contributed by atoms with Gasteiger partial charge in [0.1, 0.15) is 5.75 Å². The summed E-state index contributed by atoms with van der Waals surface area (Å²) in [5, 5.41) is 2.99. The molecule has 0 radical (unpaired) electrons. The number of rotatable bonds is 7. The molecule has 0 fully saturated rings. The van der Waals surface area contributed by atoms with E-state index in [-0.39, 0.29) is 11.9 Å². The molecule has 106 valence electrons. The van der Waals surface area contributed by atoms with Crippen LogP contribution >= 0.6 is 0 Å². The number of benzene rings is 1. The summed E-state index contributed by atoms with van der Waals surface area (Å²) in [4.78, 5) is 12.1. The lowest BCUT2D eigenvalue weighted by molar-refractivity contribution is 0.0935. The Labute approximate surface area is 115 Å². The van der Waals surface area contributed by atoms with Crippen LogP contribution in [0.25, 0.3) is 0 Å². The highest BCUT2D eigenvalue weighted by atomic mass is 16.5. The van der Waals surface area contributed by atoms with Gasteiger partial charge in [0.2, 0.25) is 0 Å². The zero-order valence-corrected chi connectivity index (χ0v) is 12.0. The van der Waals surface area contributed by atoms with E-state index in [1.807, 2.05) is 6.92 Å². The molecule has 0 bridgehead atoms. The van der Waals surface area contributed by atoms with Crippen LogP contribution in [0.1, 0.15) is 49.9 Å². The van der Waals surface area contributed by atoms with E-state index in [9.17, 15) is 4.79 Å². The van der Waals surface area contributed by atoms with Crippen molar-refractivity contribution in [2.75, 3.05) is 12.8 Å². The average Bonchev–Trinajstić information content (AvgIpc) is 2.38. The van der Waals surface area contributed by atoms with Gasteiger partial charge in [-0.15, -0.1) is 0 Å². The molecule has 0 saturated heterocycles. The number of hydrogen-bond donors (Lipinski definition) is 2. The van der Waals surface area contributed by atoms with Crippen molar-refractivity contribution < 1.29 is 9.53 Å². The zero-order valence-electron chi connectivity index (χ0n) is 12.0. The van der Waals surface area contributed by atoms with Crippen molar-refractivity contribution in [2.45, 2.75) is 45.6 Å². The van der Waals surface area contributed by atoms with E-state index in [1.165, 1.54) is 20.0 Å². The van der Waals surface area contributed by atoms with Crippen LogP contribution in [0.2, 0.25) is 0 Å². The van der Waals surface area contributed by atoms with Crippen LogP contribution in [0.5, 0.6) is 5.75 Å². The second kappa shape index (κ2) is 7.67. The normalized spacial score (nSPS) is 11.9. The second-order valence-corrected chi connectivity index (χ2v) is 4.83. The maximum atomic E-state index is 12.1. The Balaban J connectivity index is 2.62. The fraction of sp³-hybridized carbons (Fsp3) is 0.533. The van der Waals surface area contributed by atoms with Crippen LogP contribution in [0.3, 0.4) is 0 Å². The summed E-state index contributed by atoms with van der Waals surface area (Å²) >= 11 is 0. The maximum Gasteiger partial charge on any atom is 0.255 e. The molecular weight excluding hydrogens is 240 g/mol. The van der Waals surface area contributed by atoms with Gasteiger partial charge in [-0.05, 0) is 25.5 Å². The first-order valence-electron chi connectivity index (χ1n) is 6.82. The van der Waals surface area contributed by atoms with Crippen LogP contribution in [0.4, 0.5) is 5.69 Å². The van der Waals surface area contributed by atoms with Gasteiger partial charge in [-0.3, -0.25) is 4.79 Å². The van der Waals surface area contributed by atoms with E-state index in [0.717, 1.165) is 12.8 Å². The number of nitrogens with one attached hydrogen (secondary N) is 1. The molecule has 1 atom stereocenters. The minimum Gasteiger partial charge on any atom is -0.496 e. The summed E-state index contributed by atoms with van der Waals surface area (Å²) in [7, 11) is 1.54. The number of methoxy groups -OCH3 is 1. The molecule has 1 unspecified atom stereocenters. The third-order valence-electron chi connectivity index (χ3n) is 3.09. The molecule has 0 heterocycles. The molecule has 0 aromatic heterocycles. The lowest BCUT2D eigenvalue weighted by atomic mass is 10.1. The number of carbonyl (C=O) groups is 1. The highest BCUT2D eigenvalue weighted by molar-refractivity contribution is 5.97. The van der Waals surface area contributed by atoms with Gasteiger partial charge in [-0.25, -0.2) is 0 Å². The van der Waals surface area contributed by atoms with Crippen molar-refractivity contribution in [1.29, 1.82) is 0 Å². The summed E-state index contributed by atoms with van der Waals surface area (Å²) in [5.41, 5.74) is 6.79. The van der Waals surface area contributed by atoms with E-state index in [2.05, 4.69) is 12.2 Å². The lowest BCUT2D eigenvalue weighted by Gasteiger charge is -2.15. The van der Waals surface area contributed by atoms with E-state index in [1.54, 1.807) is 18.2 Å². The van der Waals surface area contributed by atoms with Gasteiger partial charge >= 0.3 is 0 Å². The van der Waals surface area contributed by atoms with Crippen LogP contribution in [0, 0.1) is 0 Å². The predicted molar refractivity (Wildman–Crippen MR) is 78.5 cm³/mol. The topological polar surface area (TPSA) is 64.4 Å². The zero-order chi connectivity index (χ0) is 14.3. The van der Waals surface area contributed by atoms with Crippen molar-refractivity contribution in [3.05, 3.63) is 23.8 Å². The average molecular weight is 264 g/mol. The van der Waals surface area contributed by atoms with Gasteiger partial charge in [-0.2, -0.15) is 0 Å². The van der Waals surface area contributed by atoms with Crippen molar-refractivity contribution in [1.82, 2.24) is 5.32 Å². The van der Waals surface area contributed by atoms with Crippen molar-refractivity contribution in [3.8, 4) is 5.75 Å². The number of ether oxygens (including phenoxy) is 1. The number of carbonyl (C=O) groups excluding carboxylic acids is 1. The van der Waals surface area contributed by atoms with E-state index in [4.69, 9.17) is 10.5 Å². The Morgan fingerprint density at radius 2 is 2.16 bits per heavy atom. The summed E-state index contributed by atoms with van der Waals surface area (Å²) in [6.07, 6.45) is 4.52. The molecule has 1 aromatic rings. The van der Waals surface area contributed by atoms with Gasteiger partial charge in [0.15, 0.2) is 0 Å². The SMILES string of the molecule is CCCCCC(C)NC(=O)c1ccc(N)cc1OC. The Bertz CT molecular complexity index is 419. The maximum absolute atomic E-state index is 12.1. The second-order valence-electron chi connectivity index (χ2n) is 4.83. The Morgan fingerprint density at radius 3 is 2.79 bits per heavy atom. The number of nitrogen functional groups attached to an aromatic ring is 1. The fourth-order valence-electron chi connectivity index (χ4n) is 1.97. The molecule has 1 aromatic carbocycles. The van der Waals surface area contributed by atoms with Gasteiger partial charge < -0.3 is 15.8 Å². The molecule has 0 saturated carbocycles. The molecule has 3 N–H and O–H groups in total. The Morgan fingerprint density at radius 1 is 1.42 bits per heavy atom. The van der Waals surface area contributed by atoms with Crippen molar-refractivity contribution in [2.24, 2.45) is 0 Å². The minimum absolute atomic E-state index is 0.110. The van der Waals surface area contributed by atoms with Crippen LogP contribution in [0.15, 0.2) is 18.2 Å². The Kier molecular flexibility index (Phi) is 6.19. The smallest absolute Gasteiger partial charge is 0.255 e. The highest BCUT2D eigenvalue weighted by Gasteiger charge is 2.14. The van der Waals surface area contributed by atoms with Crippen molar-refractivity contribution >= 4 is 11.6 Å². The molecule has 4 heteroatoms. The highest BCUT2D eigenvalue weighted by Crippen LogP contribution is 2.21. The first kappa shape index (κ1) is 15.3. The number of nitrogens with two attached hydrogens (primary N) is 1. The molecule has 4 nitrogen and oxygen atoms in total. The molecular formula is C15H24N2O2. The standard InChI is InChI=1S/C15H24N2O2/c1-4-5-6-7-11(2)17-15(18)13-9-8-12(16)10-14(13)19-3/h8-11H,4-7,16H2,1-3H3,(H,17,18). The van der Waals surface area contributed by atoms with Crippen LogP contribution in [-0.4, -0.2) is 19.1 Å². The van der Waals surface area contributed by atoms with Gasteiger partial charge in [-0.1, -0.05) is 26.2 Å². The number of anilines is 1. The number of hydrogen-bond acceptors (Lipinski definition) is 3. The molecule has 0 aliphatic rings. The summed E-state index contributed by atoms with van der Waals surface area (Å²) < 4.78 is 5.19. The molecule has 0 aliphatic carbocycles. The minimum atomic E-state index is -0.110. The number of amides is 1. The molecule has 0 spiro atoms. The first-order chi connectivity index (χ1) is 9.08. The lowest BCUT2D eigenvalue weighted by Crippen LogP contribution is -2.32. The molecule has 0 aliphatic heterocycles. The van der Waals surface area contributed by atoms with E-state index < -0.39 is 0 Å². The van der Waals surface area contributed by atoms with Crippen molar-refractivity contribution in [3.63, 3.8) is 0 Å². The predicted octanol–water partition coefficient (Wildman–Crippen LogP) is 2.98. The molecule has 1 amide bonds. The summed E-state index contributed by atoms with van der Waals surface area (Å²) in [6, 6.07) is 5.24. The summed E-state index contributed by atoms with van der Waals surface area (Å²) in [6.45, 7) is 4.19. The largest absolute Gasteiger partial charge is 0.496 e. The molecule has 1 rings (SSSR count). The van der Waals surface area contributed by atoms with Gasteiger partial charge in [0.25, 0.3) is 5.91 Å². The quantitative estimate of drug-likeness (QED) is 0.588. The first-order valence-corrected chi connectivity index (χ1v) is 6.82. The summed E-state index contributed by atoms with van der Waals surface area (Å²) in [5.74, 6) is 0.402. The third-order valence-corrected chi connectivity index (χ3v) is 3.09. The van der Waals surface area contributed by atoms with E-state index >= 15 is 0 Å². The van der Waals surface area contributed by atoms with Crippen LogP contribution < -0.4 is 15.8 Å². The van der Waals surface area contributed by atoms with Gasteiger partial charge in [0.05, 0.1) is 12.7 Å². The Hall–Kier alpha value is -1.71.